The van der Waals surface area contributed by atoms with Crippen LogP contribution >= 0.6 is 0 Å². The van der Waals surface area contributed by atoms with Gasteiger partial charge in [0.25, 0.3) is 5.69 Å². The Kier molecular flexibility index (Phi) is 5.07. The van der Waals surface area contributed by atoms with E-state index in [2.05, 4.69) is 5.32 Å². The summed E-state index contributed by atoms with van der Waals surface area (Å²) in [5, 5.41) is 13.8. The van der Waals surface area contributed by atoms with Crippen molar-refractivity contribution in [2.24, 2.45) is 11.8 Å². The van der Waals surface area contributed by atoms with Gasteiger partial charge in [-0.2, -0.15) is 0 Å². The highest BCUT2D eigenvalue weighted by Gasteiger charge is 2.45. The van der Waals surface area contributed by atoms with Gasteiger partial charge in [0.15, 0.2) is 5.78 Å². The van der Waals surface area contributed by atoms with Crippen LogP contribution in [0.3, 0.4) is 0 Å². The highest BCUT2D eigenvalue weighted by atomic mass is 16.6. The van der Waals surface area contributed by atoms with Crippen LogP contribution in [-0.4, -0.2) is 29.2 Å². The molecule has 1 aromatic rings. The smallest absolute Gasteiger partial charge is 0.317 e. The standard InChI is InChI=1S/C19H20N2O6/c1-3-27-19(24)16-10(2)7-14-17(18(16)23)13(9-15(22)20-14)11-5-4-6-12(8-11)21(25)26/h4-6,8,10,13,16H,3,7,9H2,1-2H3,(H,20,22). The molecule has 27 heavy (non-hydrogen) atoms. The largest absolute Gasteiger partial charge is 0.465 e. The summed E-state index contributed by atoms with van der Waals surface area (Å²) in [5.74, 6) is -3.06. The Hall–Kier alpha value is -3.03. The summed E-state index contributed by atoms with van der Waals surface area (Å²) in [6.07, 6.45) is 0.359. The summed E-state index contributed by atoms with van der Waals surface area (Å²) in [7, 11) is 0. The van der Waals surface area contributed by atoms with E-state index in [0.29, 0.717) is 23.3 Å². The fourth-order valence-electron chi connectivity index (χ4n) is 3.84. The second-order valence-electron chi connectivity index (χ2n) is 6.82. The van der Waals surface area contributed by atoms with Gasteiger partial charge in [0, 0.05) is 35.7 Å². The molecule has 1 aliphatic carbocycles. The van der Waals surface area contributed by atoms with Crippen molar-refractivity contribution in [1.29, 1.82) is 0 Å². The molecule has 0 saturated carbocycles. The normalized spacial score (nSPS) is 24.9. The average molecular weight is 372 g/mol. The molecule has 0 radical (unpaired) electrons. The van der Waals surface area contributed by atoms with Crippen LogP contribution in [0.4, 0.5) is 5.69 Å². The number of nitrogens with zero attached hydrogens (tertiary/aromatic N) is 1. The van der Waals surface area contributed by atoms with Crippen molar-refractivity contribution < 1.29 is 24.0 Å². The third kappa shape index (κ3) is 3.47. The molecule has 8 nitrogen and oxygen atoms in total. The molecule has 1 amide bonds. The van der Waals surface area contributed by atoms with Gasteiger partial charge in [0.05, 0.1) is 11.5 Å². The minimum atomic E-state index is -0.931. The third-order valence-corrected chi connectivity index (χ3v) is 5.02. The zero-order chi connectivity index (χ0) is 19.7. The second kappa shape index (κ2) is 7.30. The van der Waals surface area contributed by atoms with E-state index >= 15 is 0 Å². The first-order chi connectivity index (χ1) is 12.8. The second-order valence-corrected chi connectivity index (χ2v) is 6.82. The minimum absolute atomic E-state index is 0.00430. The number of hydrogen-bond acceptors (Lipinski definition) is 6. The van der Waals surface area contributed by atoms with Crippen LogP contribution in [0, 0.1) is 22.0 Å². The number of Topliss-reactive ketones (excluding diaryl/α,β-unsaturated/α-hetero) is 1. The zero-order valence-electron chi connectivity index (χ0n) is 15.1. The summed E-state index contributed by atoms with van der Waals surface area (Å²) in [4.78, 5) is 48.2. The van der Waals surface area contributed by atoms with Gasteiger partial charge in [-0.1, -0.05) is 19.1 Å². The molecular weight excluding hydrogens is 352 g/mol. The maximum Gasteiger partial charge on any atom is 0.317 e. The van der Waals surface area contributed by atoms with Crippen molar-refractivity contribution in [2.75, 3.05) is 6.61 Å². The number of nitro groups is 1. The molecule has 0 aromatic heterocycles. The van der Waals surface area contributed by atoms with Crippen LogP contribution in [0.5, 0.6) is 0 Å². The van der Waals surface area contributed by atoms with Gasteiger partial charge >= 0.3 is 5.97 Å². The molecule has 0 fully saturated rings. The number of ether oxygens (including phenoxy) is 1. The van der Waals surface area contributed by atoms with Crippen LogP contribution in [0.1, 0.15) is 38.2 Å². The number of hydrogen-bond donors (Lipinski definition) is 1. The summed E-state index contributed by atoms with van der Waals surface area (Å²) >= 11 is 0. The zero-order valence-corrected chi connectivity index (χ0v) is 15.1. The van der Waals surface area contributed by atoms with Crippen molar-refractivity contribution in [3.05, 3.63) is 51.2 Å². The van der Waals surface area contributed by atoms with E-state index in [4.69, 9.17) is 4.74 Å². The molecule has 3 rings (SSSR count). The molecule has 1 N–H and O–H groups in total. The van der Waals surface area contributed by atoms with Crippen molar-refractivity contribution in [3.63, 3.8) is 0 Å². The monoisotopic (exact) mass is 372 g/mol. The number of amides is 1. The fraction of sp³-hybridized carbons (Fsp3) is 0.421. The highest BCUT2D eigenvalue weighted by molar-refractivity contribution is 6.11. The first-order valence-electron chi connectivity index (χ1n) is 8.81. The number of nitrogens with one attached hydrogen (secondary N) is 1. The number of rotatable bonds is 4. The Labute approximate surface area is 155 Å². The summed E-state index contributed by atoms with van der Waals surface area (Å²) in [6, 6.07) is 5.91. The van der Waals surface area contributed by atoms with Crippen LogP contribution in [0.25, 0.3) is 0 Å². The molecule has 1 aliphatic heterocycles. The third-order valence-electron chi connectivity index (χ3n) is 5.02. The van der Waals surface area contributed by atoms with Crippen LogP contribution in [-0.2, 0) is 19.1 Å². The Balaban J connectivity index is 2.05. The number of benzene rings is 1. The van der Waals surface area contributed by atoms with E-state index in [1.54, 1.807) is 19.9 Å². The first-order valence-corrected chi connectivity index (χ1v) is 8.81. The van der Waals surface area contributed by atoms with Crippen molar-refractivity contribution in [1.82, 2.24) is 5.32 Å². The van der Waals surface area contributed by atoms with E-state index < -0.39 is 22.7 Å². The van der Waals surface area contributed by atoms with Gasteiger partial charge in [-0.05, 0) is 24.8 Å². The van der Waals surface area contributed by atoms with Gasteiger partial charge in [-0.3, -0.25) is 24.5 Å². The van der Waals surface area contributed by atoms with E-state index in [1.807, 2.05) is 0 Å². The maximum absolute atomic E-state index is 13.2. The lowest BCUT2D eigenvalue weighted by Gasteiger charge is -2.36. The number of nitro benzene ring substituents is 1. The molecule has 3 atom stereocenters. The molecule has 1 aromatic carbocycles. The minimum Gasteiger partial charge on any atom is -0.465 e. The quantitative estimate of drug-likeness (QED) is 0.375. The van der Waals surface area contributed by atoms with Gasteiger partial charge in [0.1, 0.15) is 5.92 Å². The van der Waals surface area contributed by atoms with E-state index in [0.717, 1.165) is 0 Å². The van der Waals surface area contributed by atoms with Gasteiger partial charge < -0.3 is 10.1 Å². The summed E-state index contributed by atoms with van der Waals surface area (Å²) in [5.41, 5.74) is 1.25. The van der Waals surface area contributed by atoms with Crippen molar-refractivity contribution in [3.8, 4) is 0 Å². The molecule has 0 bridgehead atoms. The van der Waals surface area contributed by atoms with Crippen molar-refractivity contribution >= 4 is 23.3 Å². The molecule has 0 saturated heterocycles. The SMILES string of the molecule is CCOC(=O)C1C(=O)C2=C(CC1C)NC(=O)CC2c1cccc([N+](=O)[O-])c1. The van der Waals surface area contributed by atoms with E-state index in [9.17, 15) is 24.5 Å². The first kappa shape index (κ1) is 18.8. The predicted molar refractivity (Wildman–Crippen MR) is 94.5 cm³/mol. The Morgan fingerprint density at radius 1 is 1.33 bits per heavy atom. The lowest BCUT2D eigenvalue weighted by Crippen LogP contribution is -2.44. The molecule has 1 heterocycles. The Bertz CT molecular complexity index is 860. The predicted octanol–water partition coefficient (Wildman–Crippen LogP) is 2.24. The van der Waals surface area contributed by atoms with E-state index in [-0.39, 0.29) is 36.3 Å². The number of ketones is 1. The van der Waals surface area contributed by atoms with Crippen LogP contribution in [0.15, 0.2) is 35.5 Å². The summed E-state index contributed by atoms with van der Waals surface area (Å²) < 4.78 is 5.06. The maximum atomic E-state index is 13.2. The number of carbonyl (C=O) groups is 3. The Morgan fingerprint density at radius 3 is 2.74 bits per heavy atom. The Morgan fingerprint density at radius 2 is 2.07 bits per heavy atom. The van der Waals surface area contributed by atoms with Gasteiger partial charge in [-0.25, -0.2) is 0 Å². The number of allylic oxidation sites excluding steroid dienone is 2. The average Bonchev–Trinajstić information content (AvgIpc) is 2.61. The molecule has 0 spiro atoms. The van der Waals surface area contributed by atoms with Gasteiger partial charge in [-0.15, -0.1) is 0 Å². The van der Waals surface area contributed by atoms with Gasteiger partial charge in [0.2, 0.25) is 5.91 Å². The topological polar surface area (TPSA) is 116 Å². The lowest BCUT2D eigenvalue weighted by molar-refractivity contribution is -0.384. The summed E-state index contributed by atoms with van der Waals surface area (Å²) in [6.45, 7) is 3.62. The lowest BCUT2D eigenvalue weighted by atomic mass is 9.70. The van der Waals surface area contributed by atoms with Crippen LogP contribution in [0.2, 0.25) is 0 Å². The molecule has 2 aliphatic rings. The van der Waals surface area contributed by atoms with Crippen LogP contribution < -0.4 is 5.32 Å². The highest BCUT2D eigenvalue weighted by Crippen LogP contribution is 2.42. The number of carbonyl (C=O) groups excluding carboxylic acids is 3. The molecule has 3 unspecified atom stereocenters. The van der Waals surface area contributed by atoms with E-state index in [1.165, 1.54) is 18.2 Å². The fourth-order valence-corrected chi connectivity index (χ4v) is 3.84. The number of non-ortho nitro benzene ring substituents is 1. The molecule has 8 heteroatoms. The number of esters is 1. The molecular formula is C19H20N2O6. The van der Waals surface area contributed by atoms with Crippen molar-refractivity contribution in [2.45, 2.75) is 32.6 Å². The molecule has 142 valence electrons.